The van der Waals surface area contributed by atoms with Crippen molar-refractivity contribution in [3.05, 3.63) is 30.4 Å². The summed E-state index contributed by atoms with van der Waals surface area (Å²) in [6.45, 7) is 2.00. The number of benzene rings is 1. The molecule has 0 fully saturated rings. The largest absolute Gasteiger partial charge is 0.495 e. The average Bonchev–Trinajstić information content (AvgIpc) is 2.77. The fourth-order valence-electron chi connectivity index (χ4n) is 1.50. The Morgan fingerprint density at radius 2 is 2.25 bits per heavy atom. The summed E-state index contributed by atoms with van der Waals surface area (Å²) >= 11 is 0. The molecular formula is C12H14N2O2. The summed E-state index contributed by atoms with van der Waals surface area (Å²) in [7, 11) is 1.59. The molecule has 0 saturated heterocycles. The highest BCUT2D eigenvalue weighted by Gasteiger charge is 2.07. The van der Waals surface area contributed by atoms with Crippen molar-refractivity contribution in [2.75, 3.05) is 12.8 Å². The van der Waals surface area contributed by atoms with Gasteiger partial charge in [0.05, 0.1) is 12.8 Å². The van der Waals surface area contributed by atoms with Crippen LogP contribution >= 0.6 is 0 Å². The van der Waals surface area contributed by atoms with Gasteiger partial charge in [-0.2, -0.15) is 0 Å². The number of nitrogens with zero attached hydrogens (tertiary/aromatic N) is 1. The predicted molar refractivity (Wildman–Crippen MR) is 62.3 cm³/mol. The summed E-state index contributed by atoms with van der Waals surface area (Å²) in [5, 5.41) is 0. The van der Waals surface area contributed by atoms with Crippen molar-refractivity contribution in [1.29, 1.82) is 0 Å². The zero-order chi connectivity index (χ0) is 11.5. The first-order chi connectivity index (χ1) is 7.74. The van der Waals surface area contributed by atoms with Crippen molar-refractivity contribution in [2.24, 2.45) is 0 Å². The SMILES string of the molecule is CCc1nc(-c2ccc(OC)c(N)c2)co1. The maximum atomic E-state index is 5.83. The number of hydrogen-bond donors (Lipinski definition) is 1. The van der Waals surface area contributed by atoms with Crippen molar-refractivity contribution in [3.8, 4) is 17.0 Å². The van der Waals surface area contributed by atoms with Gasteiger partial charge >= 0.3 is 0 Å². The molecule has 0 aliphatic heterocycles. The van der Waals surface area contributed by atoms with E-state index in [2.05, 4.69) is 4.98 Å². The lowest BCUT2D eigenvalue weighted by molar-refractivity contribution is 0.417. The summed E-state index contributed by atoms with van der Waals surface area (Å²) in [6, 6.07) is 5.56. The fourth-order valence-corrected chi connectivity index (χ4v) is 1.50. The third kappa shape index (κ3) is 1.86. The van der Waals surface area contributed by atoms with Gasteiger partial charge in [-0.3, -0.25) is 0 Å². The highest BCUT2D eigenvalue weighted by Crippen LogP contribution is 2.27. The van der Waals surface area contributed by atoms with E-state index in [1.165, 1.54) is 0 Å². The quantitative estimate of drug-likeness (QED) is 0.804. The average molecular weight is 218 g/mol. The van der Waals surface area contributed by atoms with Gasteiger partial charge in [0.15, 0.2) is 5.89 Å². The van der Waals surface area contributed by atoms with E-state index in [0.717, 1.165) is 23.6 Å². The van der Waals surface area contributed by atoms with E-state index < -0.39 is 0 Å². The van der Waals surface area contributed by atoms with Gasteiger partial charge in [-0.25, -0.2) is 4.98 Å². The minimum atomic E-state index is 0.598. The summed E-state index contributed by atoms with van der Waals surface area (Å²) in [5.74, 6) is 1.40. The highest BCUT2D eigenvalue weighted by atomic mass is 16.5. The molecule has 1 aromatic heterocycles. The monoisotopic (exact) mass is 218 g/mol. The van der Waals surface area contributed by atoms with Gasteiger partial charge in [0, 0.05) is 12.0 Å². The van der Waals surface area contributed by atoms with Crippen LogP contribution in [0.1, 0.15) is 12.8 Å². The number of nitrogen functional groups attached to an aromatic ring is 1. The third-order valence-electron chi connectivity index (χ3n) is 2.38. The molecule has 0 radical (unpaired) electrons. The molecule has 4 nitrogen and oxygen atoms in total. The molecule has 16 heavy (non-hydrogen) atoms. The lowest BCUT2D eigenvalue weighted by atomic mass is 10.1. The maximum absolute atomic E-state index is 5.83. The molecule has 0 amide bonds. The second-order valence-electron chi connectivity index (χ2n) is 3.44. The number of aryl methyl sites for hydroxylation is 1. The van der Waals surface area contributed by atoms with E-state index in [1.807, 2.05) is 25.1 Å². The summed E-state index contributed by atoms with van der Waals surface area (Å²) in [6.07, 6.45) is 2.42. The van der Waals surface area contributed by atoms with Crippen molar-refractivity contribution < 1.29 is 9.15 Å². The number of ether oxygens (including phenoxy) is 1. The maximum Gasteiger partial charge on any atom is 0.194 e. The van der Waals surface area contributed by atoms with Crippen LogP contribution in [0.4, 0.5) is 5.69 Å². The first kappa shape index (κ1) is 10.5. The van der Waals surface area contributed by atoms with Gasteiger partial charge in [0.25, 0.3) is 0 Å². The van der Waals surface area contributed by atoms with Crippen LogP contribution in [0, 0.1) is 0 Å². The molecule has 0 bridgehead atoms. The molecule has 84 valence electrons. The molecule has 0 aliphatic rings. The Balaban J connectivity index is 2.37. The highest BCUT2D eigenvalue weighted by molar-refractivity contribution is 5.67. The van der Waals surface area contributed by atoms with E-state index in [9.17, 15) is 0 Å². The normalized spacial score (nSPS) is 10.4. The first-order valence-corrected chi connectivity index (χ1v) is 5.13. The Hall–Kier alpha value is -1.97. The summed E-state index contributed by atoms with van der Waals surface area (Å²) in [4.78, 5) is 4.33. The summed E-state index contributed by atoms with van der Waals surface area (Å²) < 4.78 is 10.4. The molecule has 0 spiro atoms. The Morgan fingerprint density at radius 3 is 2.81 bits per heavy atom. The zero-order valence-electron chi connectivity index (χ0n) is 9.36. The standard InChI is InChI=1S/C12H14N2O2/c1-3-12-14-10(7-16-12)8-4-5-11(15-2)9(13)6-8/h4-7H,3,13H2,1-2H3. The Kier molecular flexibility index (Phi) is 2.81. The molecule has 2 rings (SSSR count). The van der Waals surface area contributed by atoms with Crippen molar-refractivity contribution in [1.82, 2.24) is 4.98 Å². The number of methoxy groups -OCH3 is 1. The number of hydrogen-bond acceptors (Lipinski definition) is 4. The minimum absolute atomic E-state index is 0.598. The van der Waals surface area contributed by atoms with E-state index in [-0.39, 0.29) is 0 Å². The molecule has 1 heterocycles. The second-order valence-corrected chi connectivity index (χ2v) is 3.44. The van der Waals surface area contributed by atoms with Gasteiger partial charge in [-0.15, -0.1) is 0 Å². The molecule has 4 heteroatoms. The lowest BCUT2D eigenvalue weighted by Crippen LogP contribution is -1.92. The van der Waals surface area contributed by atoms with Gasteiger partial charge in [0.2, 0.25) is 0 Å². The predicted octanol–water partition coefficient (Wildman–Crippen LogP) is 2.49. The van der Waals surface area contributed by atoms with Crippen LogP contribution in [0.15, 0.2) is 28.9 Å². The van der Waals surface area contributed by atoms with Crippen LogP contribution in [-0.4, -0.2) is 12.1 Å². The van der Waals surface area contributed by atoms with Gasteiger partial charge < -0.3 is 14.9 Å². The molecule has 2 N–H and O–H groups in total. The third-order valence-corrected chi connectivity index (χ3v) is 2.38. The number of aromatic nitrogens is 1. The fraction of sp³-hybridized carbons (Fsp3) is 0.250. The number of rotatable bonds is 3. The van der Waals surface area contributed by atoms with E-state index >= 15 is 0 Å². The number of nitrogens with two attached hydrogens (primary N) is 1. The lowest BCUT2D eigenvalue weighted by Gasteiger charge is -2.04. The van der Waals surface area contributed by atoms with Crippen LogP contribution < -0.4 is 10.5 Å². The van der Waals surface area contributed by atoms with Crippen LogP contribution in [0.3, 0.4) is 0 Å². The van der Waals surface area contributed by atoms with E-state index in [1.54, 1.807) is 13.4 Å². The second kappa shape index (κ2) is 4.26. The summed E-state index contributed by atoms with van der Waals surface area (Å²) in [5.41, 5.74) is 8.15. The van der Waals surface area contributed by atoms with Crippen LogP contribution in [0.25, 0.3) is 11.3 Å². The molecule has 0 atom stereocenters. The Morgan fingerprint density at radius 1 is 1.44 bits per heavy atom. The van der Waals surface area contributed by atoms with E-state index in [0.29, 0.717) is 11.4 Å². The number of oxazole rings is 1. The smallest absolute Gasteiger partial charge is 0.194 e. The molecule has 1 aromatic carbocycles. The molecule has 0 aliphatic carbocycles. The molecule has 2 aromatic rings. The van der Waals surface area contributed by atoms with Gasteiger partial charge in [0.1, 0.15) is 17.7 Å². The molecule has 0 unspecified atom stereocenters. The van der Waals surface area contributed by atoms with Gasteiger partial charge in [-0.1, -0.05) is 6.92 Å². The number of anilines is 1. The Bertz CT molecular complexity index is 492. The zero-order valence-corrected chi connectivity index (χ0v) is 9.36. The Labute approximate surface area is 94.1 Å². The van der Waals surface area contributed by atoms with Gasteiger partial charge in [-0.05, 0) is 18.2 Å². The van der Waals surface area contributed by atoms with Crippen LogP contribution in [-0.2, 0) is 6.42 Å². The van der Waals surface area contributed by atoms with Crippen molar-refractivity contribution in [2.45, 2.75) is 13.3 Å². The van der Waals surface area contributed by atoms with Crippen LogP contribution in [0.2, 0.25) is 0 Å². The molecule has 0 saturated carbocycles. The van der Waals surface area contributed by atoms with Crippen molar-refractivity contribution in [3.63, 3.8) is 0 Å². The molecular weight excluding hydrogens is 204 g/mol. The van der Waals surface area contributed by atoms with Crippen LogP contribution in [0.5, 0.6) is 5.75 Å². The first-order valence-electron chi connectivity index (χ1n) is 5.13. The van der Waals surface area contributed by atoms with Crippen molar-refractivity contribution >= 4 is 5.69 Å². The topological polar surface area (TPSA) is 61.3 Å². The van der Waals surface area contributed by atoms with E-state index in [4.69, 9.17) is 14.9 Å². The minimum Gasteiger partial charge on any atom is -0.495 e.